The lowest BCUT2D eigenvalue weighted by atomic mass is 9.97. The van der Waals surface area contributed by atoms with Gasteiger partial charge in [0.15, 0.2) is 8.32 Å². The Bertz CT molecular complexity index is 538. The van der Waals surface area contributed by atoms with Gasteiger partial charge in [-0.1, -0.05) is 33.8 Å². The van der Waals surface area contributed by atoms with Crippen molar-refractivity contribution in [2.75, 3.05) is 13.2 Å². The lowest BCUT2D eigenvalue weighted by Gasteiger charge is -2.40. The summed E-state index contributed by atoms with van der Waals surface area (Å²) in [6.07, 6.45) is 1.53. The number of esters is 2. The Morgan fingerprint density at radius 1 is 1.04 bits per heavy atom. The Morgan fingerprint density at radius 3 is 1.96 bits per heavy atom. The molecule has 0 fully saturated rings. The predicted octanol–water partition coefficient (Wildman–Crippen LogP) is 5.11. The van der Waals surface area contributed by atoms with E-state index in [-0.39, 0.29) is 35.6 Å². The van der Waals surface area contributed by atoms with Crippen LogP contribution in [0.2, 0.25) is 18.1 Å². The largest absolute Gasteiger partial charge is 0.463 e. The Balaban J connectivity index is 5.48. The van der Waals surface area contributed by atoms with Gasteiger partial charge in [0.25, 0.3) is 0 Å². The van der Waals surface area contributed by atoms with Gasteiger partial charge in [0.2, 0.25) is 0 Å². The molecule has 6 heteroatoms. The number of carbonyl (C=O) groups is 2. The average Bonchev–Trinajstić information content (AvgIpc) is 2.48. The zero-order valence-corrected chi connectivity index (χ0v) is 20.2. The quantitative estimate of drug-likeness (QED) is 0.322. The van der Waals surface area contributed by atoms with E-state index < -0.39 is 13.7 Å². The summed E-state index contributed by atoms with van der Waals surface area (Å²) in [6, 6.07) is 0. The summed E-state index contributed by atoms with van der Waals surface area (Å²) in [6.45, 7) is 22.3. The Kier molecular flexibility index (Phi) is 9.45. The van der Waals surface area contributed by atoms with Gasteiger partial charge in [0, 0.05) is 11.5 Å². The standard InChI is InChI=1S/C21H40O5Si/c1-12-24-18(22)16(3)13-15(2)17(14-25-19(23)20(4,5)6)26-27(10,11)21(7,8)9/h13,15,17H,12,14H2,1-11H3/b16-13+/t15-,17-/m1/s1. The van der Waals surface area contributed by atoms with Gasteiger partial charge in [-0.15, -0.1) is 0 Å². The van der Waals surface area contributed by atoms with Gasteiger partial charge >= 0.3 is 11.9 Å². The fourth-order valence-corrected chi connectivity index (χ4v) is 3.43. The van der Waals surface area contributed by atoms with Crippen LogP contribution in [0.15, 0.2) is 11.6 Å². The number of ether oxygens (including phenoxy) is 2. The third-order valence-electron chi connectivity index (χ3n) is 4.94. The molecule has 5 nitrogen and oxygen atoms in total. The number of carbonyl (C=O) groups excluding carboxylic acids is 2. The van der Waals surface area contributed by atoms with Crippen LogP contribution in [0.5, 0.6) is 0 Å². The van der Waals surface area contributed by atoms with Crippen molar-refractivity contribution in [2.24, 2.45) is 11.3 Å². The highest BCUT2D eigenvalue weighted by atomic mass is 28.4. The van der Waals surface area contributed by atoms with Crippen molar-refractivity contribution in [1.29, 1.82) is 0 Å². The van der Waals surface area contributed by atoms with E-state index >= 15 is 0 Å². The van der Waals surface area contributed by atoms with E-state index in [0.717, 1.165) is 0 Å². The normalized spacial score (nSPS) is 15.9. The summed E-state index contributed by atoms with van der Waals surface area (Å²) in [7, 11) is -2.08. The van der Waals surface area contributed by atoms with Gasteiger partial charge in [-0.3, -0.25) is 4.79 Å². The van der Waals surface area contributed by atoms with Gasteiger partial charge < -0.3 is 13.9 Å². The van der Waals surface area contributed by atoms with Crippen molar-refractivity contribution < 1.29 is 23.5 Å². The number of hydrogen-bond acceptors (Lipinski definition) is 5. The van der Waals surface area contributed by atoms with E-state index in [2.05, 4.69) is 33.9 Å². The number of hydrogen-bond donors (Lipinski definition) is 0. The SMILES string of the molecule is CCOC(=O)/C(C)=C/[C@@H](C)[C@@H](COC(=O)C(C)(C)C)O[Si](C)(C)C(C)(C)C. The molecule has 0 saturated carbocycles. The second-order valence-electron chi connectivity index (χ2n) is 9.69. The van der Waals surface area contributed by atoms with Gasteiger partial charge in [-0.25, -0.2) is 4.79 Å². The molecule has 0 rings (SSSR count). The van der Waals surface area contributed by atoms with Crippen LogP contribution in [0, 0.1) is 11.3 Å². The third kappa shape index (κ3) is 8.60. The molecule has 27 heavy (non-hydrogen) atoms. The highest BCUT2D eigenvalue weighted by Gasteiger charge is 2.40. The molecule has 0 spiro atoms. The lowest BCUT2D eigenvalue weighted by molar-refractivity contribution is -0.156. The van der Waals surface area contributed by atoms with Crippen LogP contribution < -0.4 is 0 Å². The van der Waals surface area contributed by atoms with E-state index in [1.807, 2.05) is 33.8 Å². The monoisotopic (exact) mass is 400 g/mol. The van der Waals surface area contributed by atoms with Crippen LogP contribution in [0.3, 0.4) is 0 Å². The Morgan fingerprint density at radius 2 is 1.56 bits per heavy atom. The molecule has 0 aliphatic carbocycles. The molecule has 0 aromatic heterocycles. The van der Waals surface area contributed by atoms with Crippen molar-refractivity contribution in [3.8, 4) is 0 Å². The Labute approximate surface area is 167 Å². The highest BCUT2D eigenvalue weighted by molar-refractivity contribution is 6.74. The molecule has 0 saturated heterocycles. The minimum atomic E-state index is -2.08. The minimum Gasteiger partial charge on any atom is -0.463 e. The summed E-state index contributed by atoms with van der Waals surface area (Å²) in [4.78, 5) is 24.1. The van der Waals surface area contributed by atoms with E-state index in [1.165, 1.54) is 0 Å². The van der Waals surface area contributed by atoms with E-state index in [1.54, 1.807) is 13.8 Å². The molecule has 0 aromatic rings. The maximum Gasteiger partial charge on any atom is 0.333 e. The first-order valence-corrected chi connectivity index (χ1v) is 12.6. The van der Waals surface area contributed by atoms with E-state index in [4.69, 9.17) is 13.9 Å². The molecule has 0 N–H and O–H groups in total. The Hall–Kier alpha value is -1.14. The summed E-state index contributed by atoms with van der Waals surface area (Å²) < 4.78 is 17.1. The summed E-state index contributed by atoms with van der Waals surface area (Å²) in [5, 5.41) is 0.0267. The number of rotatable bonds is 8. The minimum absolute atomic E-state index is 0.0267. The van der Waals surface area contributed by atoms with Crippen molar-refractivity contribution in [2.45, 2.75) is 86.5 Å². The van der Waals surface area contributed by atoms with Crippen molar-refractivity contribution in [3.05, 3.63) is 11.6 Å². The van der Waals surface area contributed by atoms with Crippen molar-refractivity contribution in [3.63, 3.8) is 0 Å². The van der Waals surface area contributed by atoms with Crippen LogP contribution in [-0.2, 0) is 23.5 Å². The molecule has 0 aliphatic rings. The molecular formula is C21H40O5Si. The fourth-order valence-electron chi connectivity index (χ4n) is 2.04. The fraction of sp³-hybridized carbons (Fsp3) is 0.810. The summed E-state index contributed by atoms with van der Waals surface area (Å²) in [5.41, 5.74) is -0.0307. The third-order valence-corrected chi connectivity index (χ3v) is 9.44. The van der Waals surface area contributed by atoms with E-state index in [9.17, 15) is 9.59 Å². The van der Waals surface area contributed by atoms with Gasteiger partial charge in [0.05, 0.1) is 18.1 Å². The summed E-state index contributed by atoms with van der Waals surface area (Å²) in [5.74, 6) is -0.692. The zero-order valence-electron chi connectivity index (χ0n) is 19.2. The molecular weight excluding hydrogens is 360 g/mol. The summed E-state index contributed by atoms with van der Waals surface area (Å²) >= 11 is 0. The maximum absolute atomic E-state index is 12.2. The highest BCUT2D eigenvalue weighted by Crippen LogP contribution is 2.38. The van der Waals surface area contributed by atoms with Gasteiger partial charge in [-0.2, -0.15) is 0 Å². The molecule has 0 amide bonds. The van der Waals surface area contributed by atoms with E-state index in [0.29, 0.717) is 12.2 Å². The van der Waals surface area contributed by atoms with Crippen LogP contribution in [0.1, 0.15) is 62.3 Å². The second-order valence-corrected chi connectivity index (χ2v) is 14.5. The molecule has 0 heterocycles. The maximum atomic E-state index is 12.2. The van der Waals surface area contributed by atoms with Gasteiger partial charge in [0.1, 0.15) is 6.61 Å². The van der Waals surface area contributed by atoms with Crippen LogP contribution in [-0.4, -0.2) is 39.6 Å². The van der Waals surface area contributed by atoms with Crippen LogP contribution >= 0.6 is 0 Å². The molecule has 0 unspecified atom stereocenters. The lowest BCUT2D eigenvalue weighted by Crippen LogP contribution is -2.47. The molecule has 0 radical (unpaired) electrons. The molecule has 0 aliphatic heterocycles. The van der Waals surface area contributed by atoms with Crippen molar-refractivity contribution in [1.82, 2.24) is 0 Å². The molecule has 158 valence electrons. The smallest absolute Gasteiger partial charge is 0.333 e. The first kappa shape index (κ1) is 25.9. The molecule has 0 bridgehead atoms. The van der Waals surface area contributed by atoms with Crippen LogP contribution in [0.25, 0.3) is 0 Å². The first-order valence-electron chi connectivity index (χ1n) is 9.73. The van der Waals surface area contributed by atoms with Crippen molar-refractivity contribution >= 4 is 20.3 Å². The second kappa shape index (κ2) is 9.87. The van der Waals surface area contributed by atoms with Gasteiger partial charge in [-0.05, 0) is 52.8 Å². The zero-order chi connectivity index (χ0) is 21.6. The topological polar surface area (TPSA) is 61.8 Å². The average molecular weight is 401 g/mol. The predicted molar refractivity (Wildman–Crippen MR) is 112 cm³/mol. The van der Waals surface area contributed by atoms with Crippen LogP contribution in [0.4, 0.5) is 0 Å². The first-order chi connectivity index (χ1) is 12.0. The molecule has 2 atom stereocenters. The molecule has 0 aromatic carbocycles.